The van der Waals surface area contributed by atoms with Crippen molar-refractivity contribution in [3.63, 3.8) is 0 Å². The number of carboxylic acid groups (broad SMARTS) is 1. The van der Waals surface area contributed by atoms with Gasteiger partial charge in [0.1, 0.15) is 5.82 Å². The Labute approximate surface area is 110 Å². The molecule has 0 saturated heterocycles. The van der Waals surface area contributed by atoms with Crippen LogP contribution < -0.4 is 0 Å². The molecule has 1 aromatic heterocycles. The van der Waals surface area contributed by atoms with Crippen molar-refractivity contribution in [2.24, 2.45) is 0 Å². The smallest absolute Gasteiger partial charge is 0.356 e. The first kappa shape index (κ1) is 13.3. The first-order chi connectivity index (χ1) is 9.10. The van der Waals surface area contributed by atoms with E-state index < -0.39 is 5.97 Å². The Morgan fingerprint density at radius 1 is 1.42 bits per heavy atom. The van der Waals surface area contributed by atoms with Crippen LogP contribution in [0.3, 0.4) is 0 Å². The van der Waals surface area contributed by atoms with Gasteiger partial charge in [-0.05, 0) is 36.6 Å². The Hall–Kier alpha value is -2.17. The van der Waals surface area contributed by atoms with Crippen molar-refractivity contribution < 1.29 is 14.3 Å². The van der Waals surface area contributed by atoms with Gasteiger partial charge in [-0.2, -0.15) is 5.10 Å². The highest BCUT2D eigenvalue weighted by molar-refractivity contribution is 5.85. The van der Waals surface area contributed by atoms with Crippen LogP contribution in [-0.2, 0) is 19.4 Å². The standard InChI is InChI=1S/C14H15FN2O2/c1-2-12-9-13(14(18)19)16-17(12)7-6-10-4-3-5-11(15)8-10/h3-5,8-9H,2,6-7H2,1H3,(H,18,19). The summed E-state index contributed by atoms with van der Waals surface area (Å²) in [7, 11) is 0. The fourth-order valence-electron chi connectivity index (χ4n) is 1.97. The number of carboxylic acids is 1. The molecular formula is C14H15FN2O2. The van der Waals surface area contributed by atoms with Gasteiger partial charge in [0.05, 0.1) is 0 Å². The monoisotopic (exact) mass is 262 g/mol. The predicted molar refractivity (Wildman–Crippen MR) is 68.7 cm³/mol. The molecule has 1 aromatic carbocycles. The van der Waals surface area contributed by atoms with Crippen molar-refractivity contribution >= 4 is 5.97 Å². The number of halogens is 1. The maximum atomic E-state index is 13.0. The number of carbonyl (C=O) groups is 1. The first-order valence-electron chi connectivity index (χ1n) is 6.14. The summed E-state index contributed by atoms with van der Waals surface area (Å²) < 4.78 is 14.7. The van der Waals surface area contributed by atoms with Gasteiger partial charge in [0, 0.05) is 12.2 Å². The van der Waals surface area contributed by atoms with E-state index in [9.17, 15) is 9.18 Å². The van der Waals surface area contributed by atoms with Crippen LogP contribution in [0.25, 0.3) is 0 Å². The minimum Gasteiger partial charge on any atom is -0.476 e. The summed E-state index contributed by atoms with van der Waals surface area (Å²) in [5.41, 5.74) is 1.79. The van der Waals surface area contributed by atoms with Crippen LogP contribution in [0.4, 0.5) is 4.39 Å². The SMILES string of the molecule is CCc1cc(C(=O)O)nn1CCc1cccc(F)c1. The lowest BCUT2D eigenvalue weighted by Gasteiger charge is -2.06. The molecule has 2 aromatic rings. The largest absolute Gasteiger partial charge is 0.476 e. The number of aryl methyl sites for hydroxylation is 3. The maximum Gasteiger partial charge on any atom is 0.356 e. The lowest BCUT2D eigenvalue weighted by molar-refractivity contribution is 0.0689. The van der Waals surface area contributed by atoms with E-state index in [1.165, 1.54) is 12.1 Å². The van der Waals surface area contributed by atoms with Gasteiger partial charge in [-0.15, -0.1) is 0 Å². The average molecular weight is 262 g/mol. The molecule has 1 N–H and O–H groups in total. The lowest BCUT2D eigenvalue weighted by Crippen LogP contribution is -2.08. The van der Waals surface area contributed by atoms with Crippen molar-refractivity contribution in [2.75, 3.05) is 0 Å². The summed E-state index contributed by atoms with van der Waals surface area (Å²) in [6.07, 6.45) is 1.33. The van der Waals surface area contributed by atoms with Crippen molar-refractivity contribution in [3.8, 4) is 0 Å². The molecular weight excluding hydrogens is 247 g/mol. The summed E-state index contributed by atoms with van der Waals surface area (Å²) in [6.45, 7) is 2.49. The highest BCUT2D eigenvalue weighted by Crippen LogP contribution is 2.09. The van der Waals surface area contributed by atoms with Crippen LogP contribution >= 0.6 is 0 Å². The molecule has 0 aliphatic heterocycles. The zero-order valence-corrected chi connectivity index (χ0v) is 10.6. The van der Waals surface area contributed by atoms with Crippen molar-refractivity contribution in [3.05, 3.63) is 53.1 Å². The molecule has 0 radical (unpaired) electrons. The second-order valence-corrected chi connectivity index (χ2v) is 4.28. The Bertz CT molecular complexity index is 593. The Morgan fingerprint density at radius 2 is 2.21 bits per heavy atom. The fraction of sp³-hybridized carbons (Fsp3) is 0.286. The van der Waals surface area contributed by atoms with Gasteiger partial charge in [-0.3, -0.25) is 4.68 Å². The van der Waals surface area contributed by atoms with E-state index in [0.29, 0.717) is 19.4 Å². The molecule has 1 heterocycles. The fourth-order valence-corrected chi connectivity index (χ4v) is 1.97. The van der Waals surface area contributed by atoms with Crippen LogP contribution in [0.1, 0.15) is 28.7 Å². The lowest BCUT2D eigenvalue weighted by atomic mass is 10.1. The van der Waals surface area contributed by atoms with E-state index in [-0.39, 0.29) is 11.5 Å². The number of hydrogen-bond acceptors (Lipinski definition) is 2. The van der Waals surface area contributed by atoms with Gasteiger partial charge in [0.15, 0.2) is 5.69 Å². The van der Waals surface area contributed by atoms with Gasteiger partial charge in [-0.25, -0.2) is 9.18 Å². The summed E-state index contributed by atoms with van der Waals surface area (Å²) in [4.78, 5) is 10.9. The molecule has 0 aliphatic rings. The van der Waals surface area contributed by atoms with Crippen molar-refractivity contribution in [2.45, 2.75) is 26.3 Å². The van der Waals surface area contributed by atoms with Crippen molar-refractivity contribution in [1.82, 2.24) is 9.78 Å². The minimum atomic E-state index is -1.03. The third-order valence-corrected chi connectivity index (χ3v) is 2.95. The summed E-state index contributed by atoms with van der Waals surface area (Å²) in [5.74, 6) is -1.29. The van der Waals surface area contributed by atoms with Crippen LogP contribution in [0.15, 0.2) is 30.3 Å². The Morgan fingerprint density at radius 3 is 2.84 bits per heavy atom. The maximum absolute atomic E-state index is 13.0. The van der Waals surface area contributed by atoms with Crippen molar-refractivity contribution in [1.29, 1.82) is 0 Å². The number of benzene rings is 1. The molecule has 19 heavy (non-hydrogen) atoms. The minimum absolute atomic E-state index is 0.0519. The van der Waals surface area contributed by atoms with Crippen LogP contribution in [0.2, 0.25) is 0 Å². The number of rotatable bonds is 5. The van der Waals surface area contributed by atoms with Gasteiger partial charge < -0.3 is 5.11 Å². The van der Waals surface area contributed by atoms with E-state index in [0.717, 1.165) is 11.3 Å². The number of aromatic carboxylic acids is 1. The molecule has 0 spiro atoms. The molecule has 0 fully saturated rings. The highest BCUT2D eigenvalue weighted by Gasteiger charge is 2.11. The van der Waals surface area contributed by atoms with Gasteiger partial charge in [-0.1, -0.05) is 19.1 Å². The molecule has 0 aliphatic carbocycles. The molecule has 0 amide bonds. The molecule has 0 unspecified atom stereocenters. The highest BCUT2D eigenvalue weighted by atomic mass is 19.1. The first-order valence-corrected chi connectivity index (χ1v) is 6.14. The van der Waals surface area contributed by atoms with Crippen LogP contribution in [-0.4, -0.2) is 20.9 Å². The van der Waals surface area contributed by atoms with E-state index >= 15 is 0 Å². The zero-order valence-electron chi connectivity index (χ0n) is 10.6. The van der Waals surface area contributed by atoms with E-state index in [4.69, 9.17) is 5.11 Å². The molecule has 0 atom stereocenters. The molecule has 5 heteroatoms. The number of aromatic nitrogens is 2. The van der Waals surface area contributed by atoms with Gasteiger partial charge in [0.25, 0.3) is 0 Å². The third-order valence-electron chi connectivity index (χ3n) is 2.95. The summed E-state index contributed by atoms with van der Waals surface area (Å²) in [5, 5.41) is 13.0. The predicted octanol–water partition coefficient (Wildman–Crippen LogP) is 2.53. The molecule has 100 valence electrons. The van der Waals surface area contributed by atoms with E-state index in [1.54, 1.807) is 16.8 Å². The summed E-state index contributed by atoms with van der Waals surface area (Å²) >= 11 is 0. The quantitative estimate of drug-likeness (QED) is 0.900. The molecule has 0 bridgehead atoms. The second kappa shape index (κ2) is 5.65. The molecule has 0 saturated carbocycles. The van der Waals surface area contributed by atoms with Gasteiger partial charge in [0.2, 0.25) is 0 Å². The van der Waals surface area contributed by atoms with E-state index in [1.807, 2.05) is 13.0 Å². The Kier molecular flexibility index (Phi) is 3.94. The van der Waals surface area contributed by atoms with Gasteiger partial charge >= 0.3 is 5.97 Å². The Balaban J connectivity index is 2.12. The van der Waals surface area contributed by atoms with Crippen LogP contribution in [0, 0.1) is 5.82 Å². The molecule has 4 nitrogen and oxygen atoms in total. The number of nitrogens with zero attached hydrogens (tertiary/aromatic N) is 2. The second-order valence-electron chi connectivity index (χ2n) is 4.28. The van der Waals surface area contributed by atoms with Crippen LogP contribution in [0.5, 0.6) is 0 Å². The number of hydrogen-bond donors (Lipinski definition) is 1. The third kappa shape index (κ3) is 3.19. The molecule has 2 rings (SSSR count). The van der Waals surface area contributed by atoms with E-state index in [2.05, 4.69) is 5.10 Å². The summed E-state index contributed by atoms with van der Waals surface area (Å²) in [6, 6.07) is 7.96. The average Bonchev–Trinajstić information content (AvgIpc) is 2.80. The zero-order chi connectivity index (χ0) is 13.8. The topological polar surface area (TPSA) is 55.1 Å². The normalized spacial score (nSPS) is 10.6.